The predicted octanol–water partition coefficient (Wildman–Crippen LogP) is 3.89. The molecule has 118 valence electrons. The van der Waals surface area contributed by atoms with E-state index in [0.717, 1.165) is 34.5 Å². The Labute approximate surface area is 134 Å². The Morgan fingerprint density at radius 3 is 2.59 bits per heavy atom. The first kappa shape index (κ1) is 14.4. The van der Waals surface area contributed by atoms with Crippen molar-refractivity contribution in [2.75, 3.05) is 31.1 Å². The number of halogens is 1. The highest BCUT2D eigenvalue weighted by molar-refractivity contribution is 7.22. The second-order valence-electron chi connectivity index (χ2n) is 6.42. The Bertz CT molecular complexity index is 642. The zero-order valence-corrected chi connectivity index (χ0v) is 13.6. The standard InChI is InChI=1S/C17H22FN3S/c18-13-4-5-15-16(12-13)22-17(19-15)21-10-6-14(7-11-21)20-8-2-1-3-9-20/h4-5,12,14H,1-3,6-11H2. The van der Waals surface area contributed by atoms with Crippen LogP contribution in [0.2, 0.25) is 0 Å². The zero-order chi connectivity index (χ0) is 14.9. The summed E-state index contributed by atoms with van der Waals surface area (Å²) in [5.74, 6) is -0.175. The van der Waals surface area contributed by atoms with Crippen LogP contribution in [0, 0.1) is 5.82 Å². The quantitative estimate of drug-likeness (QED) is 0.837. The summed E-state index contributed by atoms with van der Waals surface area (Å²) in [6.45, 7) is 4.71. The van der Waals surface area contributed by atoms with Crippen LogP contribution in [0.5, 0.6) is 0 Å². The van der Waals surface area contributed by atoms with Gasteiger partial charge in [0.15, 0.2) is 5.13 Å². The van der Waals surface area contributed by atoms with Crippen molar-refractivity contribution in [3.05, 3.63) is 24.0 Å². The first-order valence-corrected chi connectivity index (χ1v) is 9.16. The lowest BCUT2D eigenvalue weighted by atomic mass is 10.0. The SMILES string of the molecule is Fc1ccc2nc(N3CCC(N4CCCCC4)CC3)sc2c1. The van der Waals surface area contributed by atoms with Crippen LogP contribution in [0.4, 0.5) is 9.52 Å². The van der Waals surface area contributed by atoms with Gasteiger partial charge in [0.1, 0.15) is 5.82 Å². The molecule has 0 amide bonds. The average Bonchev–Trinajstić information content (AvgIpc) is 2.99. The van der Waals surface area contributed by atoms with Crippen LogP contribution in [-0.2, 0) is 0 Å². The maximum atomic E-state index is 13.3. The van der Waals surface area contributed by atoms with Gasteiger partial charge in [0.2, 0.25) is 0 Å². The molecule has 22 heavy (non-hydrogen) atoms. The number of fused-ring (bicyclic) bond motifs is 1. The molecule has 5 heteroatoms. The van der Waals surface area contributed by atoms with Gasteiger partial charge in [0.05, 0.1) is 10.2 Å². The molecule has 1 aromatic carbocycles. The summed E-state index contributed by atoms with van der Waals surface area (Å²) in [6, 6.07) is 5.62. The number of thiazole rings is 1. The van der Waals surface area contributed by atoms with Gasteiger partial charge < -0.3 is 9.80 Å². The van der Waals surface area contributed by atoms with Gasteiger partial charge in [0.25, 0.3) is 0 Å². The molecule has 3 nitrogen and oxygen atoms in total. The lowest BCUT2D eigenvalue weighted by molar-refractivity contribution is 0.141. The minimum Gasteiger partial charge on any atom is -0.348 e. The van der Waals surface area contributed by atoms with Gasteiger partial charge in [-0.3, -0.25) is 0 Å². The lowest BCUT2D eigenvalue weighted by Crippen LogP contribution is -2.46. The van der Waals surface area contributed by atoms with E-state index in [-0.39, 0.29) is 5.82 Å². The monoisotopic (exact) mass is 319 g/mol. The van der Waals surface area contributed by atoms with Crippen LogP contribution in [0.3, 0.4) is 0 Å². The fourth-order valence-electron chi connectivity index (χ4n) is 3.73. The van der Waals surface area contributed by atoms with E-state index < -0.39 is 0 Å². The second kappa shape index (κ2) is 6.13. The minimum atomic E-state index is -0.175. The maximum absolute atomic E-state index is 13.3. The summed E-state index contributed by atoms with van der Waals surface area (Å²) in [4.78, 5) is 9.75. The van der Waals surface area contributed by atoms with E-state index in [1.54, 1.807) is 23.5 Å². The molecule has 2 saturated heterocycles. The number of rotatable bonds is 2. The number of aromatic nitrogens is 1. The molecular formula is C17H22FN3S. The largest absolute Gasteiger partial charge is 0.348 e. The van der Waals surface area contributed by atoms with Gasteiger partial charge in [-0.2, -0.15) is 0 Å². The van der Waals surface area contributed by atoms with Crippen molar-refractivity contribution in [2.45, 2.75) is 38.1 Å². The molecule has 0 atom stereocenters. The van der Waals surface area contributed by atoms with Crippen molar-refractivity contribution >= 4 is 26.7 Å². The van der Waals surface area contributed by atoms with Crippen LogP contribution in [0.15, 0.2) is 18.2 Å². The Balaban J connectivity index is 1.43. The average molecular weight is 319 g/mol. The molecule has 0 unspecified atom stereocenters. The smallest absolute Gasteiger partial charge is 0.186 e. The predicted molar refractivity (Wildman–Crippen MR) is 90.2 cm³/mol. The maximum Gasteiger partial charge on any atom is 0.186 e. The third-order valence-electron chi connectivity index (χ3n) is 4.98. The fourth-order valence-corrected chi connectivity index (χ4v) is 4.77. The van der Waals surface area contributed by atoms with Gasteiger partial charge in [-0.25, -0.2) is 9.37 Å². The summed E-state index contributed by atoms with van der Waals surface area (Å²) in [7, 11) is 0. The van der Waals surface area contributed by atoms with Crippen molar-refractivity contribution in [3.8, 4) is 0 Å². The van der Waals surface area contributed by atoms with Crippen molar-refractivity contribution in [2.24, 2.45) is 0 Å². The van der Waals surface area contributed by atoms with Crippen LogP contribution >= 0.6 is 11.3 Å². The first-order valence-electron chi connectivity index (χ1n) is 8.35. The number of likely N-dealkylation sites (tertiary alicyclic amines) is 1. The number of benzene rings is 1. The van der Waals surface area contributed by atoms with Gasteiger partial charge in [-0.1, -0.05) is 17.8 Å². The van der Waals surface area contributed by atoms with Gasteiger partial charge in [0, 0.05) is 19.1 Å². The van der Waals surface area contributed by atoms with Crippen LogP contribution < -0.4 is 4.90 Å². The molecule has 2 aliphatic heterocycles. The lowest BCUT2D eigenvalue weighted by Gasteiger charge is -2.40. The first-order chi connectivity index (χ1) is 10.8. The van der Waals surface area contributed by atoms with E-state index >= 15 is 0 Å². The summed E-state index contributed by atoms with van der Waals surface area (Å²) in [5.41, 5.74) is 0.916. The summed E-state index contributed by atoms with van der Waals surface area (Å²) in [6.07, 6.45) is 6.58. The molecule has 0 bridgehead atoms. The van der Waals surface area contributed by atoms with E-state index in [9.17, 15) is 4.39 Å². The molecule has 0 aliphatic carbocycles. The molecule has 3 heterocycles. The van der Waals surface area contributed by atoms with E-state index in [0.29, 0.717) is 0 Å². The van der Waals surface area contributed by atoms with Crippen molar-refractivity contribution in [1.82, 2.24) is 9.88 Å². The Morgan fingerprint density at radius 2 is 1.82 bits per heavy atom. The van der Waals surface area contributed by atoms with Crippen molar-refractivity contribution < 1.29 is 4.39 Å². The highest BCUT2D eigenvalue weighted by Gasteiger charge is 2.26. The number of hydrogen-bond acceptors (Lipinski definition) is 4. The molecule has 0 spiro atoms. The molecule has 0 radical (unpaired) electrons. The van der Waals surface area contributed by atoms with Crippen LogP contribution in [0.25, 0.3) is 10.2 Å². The molecular weight excluding hydrogens is 297 g/mol. The summed E-state index contributed by atoms with van der Waals surface area (Å²) >= 11 is 1.62. The minimum absolute atomic E-state index is 0.175. The van der Waals surface area contributed by atoms with E-state index in [1.165, 1.54) is 51.3 Å². The Hall–Kier alpha value is -1.20. The fraction of sp³-hybridized carbons (Fsp3) is 0.588. The third kappa shape index (κ3) is 2.84. The molecule has 0 saturated carbocycles. The van der Waals surface area contributed by atoms with E-state index in [1.807, 2.05) is 0 Å². The van der Waals surface area contributed by atoms with Gasteiger partial charge >= 0.3 is 0 Å². The Kier molecular flexibility index (Phi) is 4.01. The number of hydrogen-bond donors (Lipinski definition) is 0. The van der Waals surface area contributed by atoms with E-state index in [2.05, 4.69) is 14.8 Å². The van der Waals surface area contributed by atoms with Crippen LogP contribution in [-0.4, -0.2) is 42.1 Å². The van der Waals surface area contributed by atoms with Crippen molar-refractivity contribution in [3.63, 3.8) is 0 Å². The molecule has 0 N–H and O–H groups in total. The molecule has 2 fully saturated rings. The third-order valence-corrected chi connectivity index (χ3v) is 6.06. The molecule has 4 rings (SSSR count). The summed E-state index contributed by atoms with van der Waals surface area (Å²) in [5, 5.41) is 1.05. The molecule has 2 aromatic rings. The van der Waals surface area contributed by atoms with Crippen molar-refractivity contribution in [1.29, 1.82) is 0 Å². The Morgan fingerprint density at radius 1 is 1.05 bits per heavy atom. The van der Waals surface area contributed by atoms with Gasteiger partial charge in [-0.05, 0) is 57.0 Å². The van der Waals surface area contributed by atoms with Gasteiger partial charge in [-0.15, -0.1) is 0 Å². The van der Waals surface area contributed by atoms with Crippen LogP contribution in [0.1, 0.15) is 32.1 Å². The highest BCUT2D eigenvalue weighted by Crippen LogP contribution is 2.32. The number of nitrogens with zero attached hydrogens (tertiary/aromatic N) is 3. The normalized spacial score (nSPS) is 21.6. The van der Waals surface area contributed by atoms with E-state index in [4.69, 9.17) is 0 Å². The number of anilines is 1. The topological polar surface area (TPSA) is 19.4 Å². The molecule has 2 aliphatic rings. The highest BCUT2D eigenvalue weighted by atomic mass is 32.1. The molecule has 1 aromatic heterocycles. The number of piperidine rings is 2. The second-order valence-corrected chi connectivity index (χ2v) is 7.43. The summed E-state index contributed by atoms with van der Waals surface area (Å²) < 4.78 is 14.3. The zero-order valence-electron chi connectivity index (χ0n) is 12.8.